The number of nitrogens with zero attached hydrogens (tertiary/aromatic N) is 5. The van der Waals surface area contributed by atoms with Crippen molar-refractivity contribution >= 4 is 50.6 Å². The first kappa shape index (κ1) is 15.6. The summed E-state index contributed by atoms with van der Waals surface area (Å²) < 4.78 is 4.98. The molecule has 7 heteroatoms. The molecule has 3 heterocycles. The van der Waals surface area contributed by atoms with Gasteiger partial charge in [0.1, 0.15) is 20.6 Å². The summed E-state index contributed by atoms with van der Waals surface area (Å²) in [4.78, 5) is 24.8. The molecule has 2 aliphatic carbocycles. The van der Waals surface area contributed by atoms with Crippen LogP contribution < -0.4 is 0 Å². The van der Waals surface area contributed by atoms with Gasteiger partial charge in [0, 0.05) is 31.1 Å². The van der Waals surface area contributed by atoms with Crippen molar-refractivity contribution in [1.29, 1.82) is 0 Å². The number of rotatable bonds is 4. The van der Waals surface area contributed by atoms with Crippen molar-refractivity contribution in [2.45, 2.75) is 51.2 Å². The molecule has 3 aromatic heterocycles. The van der Waals surface area contributed by atoms with Crippen molar-refractivity contribution in [3.05, 3.63) is 21.8 Å². The first-order valence-electron chi connectivity index (χ1n) is 8.92. The van der Waals surface area contributed by atoms with E-state index in [1.54, 1.807) is 0 Å². The third-order valence-electron chi connectivity index (χ3n) is 5.31. The highest BCUT2D eigenvalue weighted by molar-refractivity contribution is 14.1. The topological polar surface area (TPSA) is 56.0 Å². The Labute approximate surface area is 159 Å². The number of pyridine rings is 1. The molecular weight excluding hydrogens is 429 g/mol. The normalized spacial score (nSPS) is 17.6. The van der Waals surface area contributed by atoms with Crippen molar-refractivity contribution < 1.29 is 4.79 Å². The van der Waals surface area contributed by atoms with Crippen LogP contribution in [0.25, 0.3) is 22.1 Å². The number of amides is 1. The van der Waals surface area contributed by atoms with Crippen LogP contribution in [0.5, 0.6) is 0 Å². The highest BCUT2D eigenvalue weighted by Gasteiger charge is 2.43. The number of imidazole rings is 1. The van der Waals surface area contributed by atoms with E-state index in [-0.39, 0.29) is 5.91 Å². The molecule has 5 rings (SSSR count). The molecule has 2 fully saturated rings. The van der Waals surface area contributed by atoms with Crippen molar-refractivity contribution in [3.8, 4) is 0 Å². The van der Waals surface area contributed by atoms with Crippen LogP contribution in [-0.2, 0) is 13.6 Å². The zero-order valence-corrected chi connectivity index (χ0v) is 16.5. The van der Waals surface area contributed by atoms with Crippen molar-refractivity contribution in [2.24, 2.45) is 7.05 Å². The van der Waals surface area contributed by atoms with Gasteiger partial charge in [-0.2, -0.15) is 0 Å². The van der Waals surface area contributed by atoms with Crippen LogP contribution in [0.15, 0.2) is 12.4 Å². The third kappa shape index (κ3) is 2.31. The fourth-order valence-corrected chi connectivity index (χ4v) is 4.47. The Morgan fingerprint density at radius 3 is 2.60 bits per heavy atom. The van der Waals surface area contributed by atoms with Gasteiger partial charge in [0.05, 0.1) is 11.8 Å². The molecule has 2 aliphatic rings. The molecule has 0 bridgehead atoms. The van der Waals surface area contributed by atoms with E-state index in [0.29, 0.717) is 12.1 Å². The van der Waals surface area contributed by atoms with Crippen molar-refractivity contribution in [1.82, 2.24) is 24.0 Å². The van der Waals surface area contributed by atoms with Crippen molar-refractivity contribution in [2.75, 3.05) is 0 Å². The first-order valence-corrected chi connectivity index (χ1v) is 10.0. The van der Waals surface area contributed by atoms with Gasteiger partial charge < -0.3 is 14.0 Å². The SMILES string of the molecule is CCn1c(C(=O)N(C2CC2)C2CC2)cc2c3c(ncn3C)c(I)nc21. The Morgan fingerprint density at radius 1 is 1.32 bits per heavy atom. The molecule has 0 atom stereocenters. The van der Waals surface area contributed by atoms with E-state index in [1.165, 1.54) is 0 Å². The number of fused-ring (bicyclic) bond motifs is 3. The number of aromatic nitrogens is 4. The van der Waals surface area contributed by atoms with Crippen LogP contribution in [0.2, 0.25) is 0 Å². The van der Waals surface area contributed by atoms with E-state index in [2.05, 4.69) is 44.0 Å². The summed E-state index contributed by atoms with van der Waals surface area (Å²) in [6.45, 7) is 2.82. The summed E-state index contributed by atoms with van der Waals surface area (Å²) in [6, 6.07) is 2.94. The lowest BCUT2D eigenvalue weighted by Crippen LogP contribution is -2.36. The van der Waals surface area contributed by atoms with E-state index < -0.39 is 0 Å². The van der Waals surface area contributed by atoms with Crippen LogP contribution in [0.3, 0.4) is 0 Å². The van der Waals surface area contributed by atoms with Crippen LogP contribution in [0.1, 0.15) is 43.1 Å². The number of halogens is 1. The Balaban J connectivity index is 1.74. The van der Waals surface area contributed by atoms with E-state index in [1.807, 2.05) is 24.0 Å². The summed E-state index contributed by atoms with van der Waals surface area (Å²) in [7, 11) is 2.00. The van der Waals surface area contributed by atoms with Crippen molar-refractivity contribution in [3.63, 3.8) is 0 Å². The summed E-state index contributed by atoms with van der Waals surface area (Å²) in [5.74, 6) is 0.176. The van der Waals surface area contributed by atoms with Gasteiger partial charge in [0.25, 0.3) is 5.91 Å². The fourth-order valence-electron chi connectivity index (χ4n) is 3.84. The number of hydrogen-bond acceptors (Lipinski definition) is 3. The number of carbonyl (C=O) groups excluding carboxylic acids is 1. The lowest BCUT2D eigenvalue weighted by molar-refractivity contribution is 0.0719. The monoisotopic (exact) mass is 449 g/mol. The second-order valence-electron chi connectivity index (χ2n) is 7.14. The molecule has 0 aromatic carbocycles. The zero-order valence-electron chi connectivity index (χ0n) is 14.4. The zero-order chi connectivity index (χ0) is 17.3. The molecule has 6 nitrogen and oxygen atoms in total. The van der Waals surface area contributed by atoms with E-state index >= 15 is 0 Å². The molecule has 1 amide bonds. The molecule has 130 valence electrons. The fraction of sp³-hybridized carbons (Fsp3) is 0.500. The van der Waals surface area contributed by atoms with Gasteiger partial charge in [0.2, 0.25) is 0 Å². The molecule has 0 aliphatic heterocycles. The van der Waals surface area contributed by atoms with E-state index in [4.69, 9.17) is 4.98 Å². The summed E-state index contributed by atoms with van der Waals surface area (Å²) in [6.07, 6.45) is 6.42. The van der Waals surface area contributed by atoms with Crippen LogP contribution in [0.4, 0.5) is 0 Å². The van der Waals surface area contributed by atoms with E-state index in [0.717, 1.165) is 63.7 Å². The maximum Gasteiger partial charge on any atom is 0.271 e. The number of hydrogen-bond donors (Lipinski definition) is 0. The Bertz CT molecular complexity index is 1000. The number of carbonyl (C=O) groups is 1. The maximum absolute atomic E-state index is 13.4. The molecular formula is C18H20IN5O. The molecule has 0 unspecified atom stereocenters. The van der Waals surface area contributed by atoms with Gasteiger partial charge in [-0.15, -0.1) is 0 Å². The smallest absolute Gasteiger partial charge is 0.271 e. The minimum absolute atomic E-state index is 0.176. The third-order valence-corrected chi connectivity index (χ3v) is 6.06. The largest absolute Gasteiger partial charge is 0.333 e. The summed E-state index contributed by atoms with van der Waals surface area (Å²) in [5.41, 5.74) is 3.62. The molecule has 0 radical (unpaired) electrons. The van der Waals surface area contributed by atoms with Crippen LogP contribution >= 0.6 is 22.6 Å². The van der Waals surface area contributed by atoms with Crippen LogP contribution in [-0.4, -0.2) is 42.0 Å². The molecule has 25 heavy (non-hydrogen) atoms. The maximum atomic E-state index is 13.4. The Kier molecular flexibility index (Phi) is 3.39. The van der Waals surface area contributed by atoms with Gasteiger partial charge in [-0.25, -0.2) is 9.97 Å². The van der Waals surface area contributed by atoms with Gasteiger partial charge >= 0.3 is 0 Å². The predicted molar refractivity (Wildman–Crippen MR) is 105 cm³/mol. The average Bonchev–Trinajstić information content (AvgIpc) is 3.51. The second kappa shape index (κ2) is 5.43. The van der Waals surface area contributed by atoms with Crippen LogP contribution in [0, 0.1) is 3.70 Å². The lowest BCUT2D eigenvalue weighted by atomic mass is 10.2. The molecule has 2 saturated carbocycles. The standard InChI is InChI=1S/C18H20IN5O/c1-3-23-13(18(25)24(10-4-5-10)11-6-7-11)8-12-15-14(20-9-22(15)2)16(19)21-17(12)23/h8-11H,3-7H2,1-2H3. The second-order valence-corrected chi connectivity index (χ2v) is 8.16. The van der Waals surface area contributed by atoms with Gasteiger partial charge in [-0.1, -0.05) is 0 Å². The summed E-state index contributed by atoms with van der Waals surface area (Å²) >= 11 is 2.24. The minimum atomic E-state index is 0.176. The first-order chi connectivity index (χ1) is 12.1. The van der Waals surface area contributed by atoms with Gasteiger partial charge in [-0.05, 0) is 61.3 Å². The highest BCUT2D eigenvalue weighted by Crippen LogP contribution is 2.39. The minimum Gasteiger partial charge on any atom is -0.333 e. The molecule has 0 saturated heterocycles. The van der Waals surface area contributed by atoms with Gasteiger partial charge in [-0.3, -0.25) is 4.79 Å². The predicted octanol–water partition coefficient (Wildman–Crippen LogP) is 3.31. The quantitative estimate of drug-likeness (QED) is 0.454. The number of aryl methyl sites for hydroxylation is 2. The highest BCUT2D eigenvalue weighted by atomic mass is 127. The Morgan fingerprint density at radius 2 is 2.00 bits per heavy atom. The molecule has 0 N–H and O–H groups in total. The molecule has 0 spiro atoms. The van der Waals surface area contributed by atoms with Gasteiger partial charge in [0.15, 0.2) is 0 Å². The van der Waals surface area contributed by atoms with E-state index in [9.17, 15) is 4.79 Å². The Hall–Kier alpha value is -1.64. The average molecular weight is 449 g/mol. The lowest BCUT2D eigenvalue weighted by Gasteiger charge is -2.22. The summed E-state index contributed by atoms with van der Waals surface area (Å²) in [5, 5.41) is 1.02. The molecule has 3 aromatic rings.